The van der Waals surface area contributed by atoms with E-state index in [9.17, 15) is 9.18 Å². The van der Waals surface area contributed by atoms with Gasteiger partial charge < -0.3 is 14.6 Å². The summed E-state index contributed by atoms with van der Waals surface area (Å²) < 4.78 is 21.1. The van der Waals surface area contributed by atoms with E-state index in [0.29, 0.717) is 12.5 Å². The van der Waals surface area contributed by atoms with Crippen LogP contribution in [0.2, 0.25) is 0 Å². The van der Waals surface area contributed by atoms with E-state index in [0.717, 1.165) is 31.7 Å². The maximum Gasteiger partial charge on any atom is 0.254 e. The largest absolute Gasteiger partial charge is 0.381 e. The summed E-state index contributed by atoms with van der Waals surface area (Å²) in [5, 5.41) is 2.84. The Morgan fingerprint density at radius 2 is 2.00 bits per heavy atom. The molecule has 2 aromatic rings. The summed E-state index contributed by atoms with van der Waals surface area (Å²) in [7, 11) is 0. The number of carbonyl (C=O) groups is 1. The Bertz CT molecular complexity index is 634. The number of halogens is 1. The Labute approximate surface area is 128 Å². The van der Waals surface area contributed by atoms with Crippen molar-refractivity contribution in [2.45, 2.75) is 12.8 Å². The maximum atomic E-state index is 13.9. The lowest BCUT2D eigenvalue weighted by Gasteiger charge is -2.22. The van der Waals surface area contributed by atoms with Crippen LogP contribution >= 0.6 is 0 Å². The number of aromatic nitrogens is 1. The van der Waals surface area contributed by atoms with Gasteiger partial charge in [0.15, 0.2) is 0 Å². The third-order valence-corrected chi connectivity index (χ3v) is 3.99. The zero-order valence-electron chi connectivity index (χ0n) is 12.3. The Kier molecular flexibility index (Phi) is 4.53. The van der Waals surface area contributed by atoms with E-state index >= 15 is 0 Å². The normalized spacial score (nSPS) is 15.7. The number of carbonyl (C=O) groups excluding carboxylic acids is 1. The van der Waals surface area contributed by atoms with Crippen LogP contribution in [0.25, 0.3) is 5.69 Å². The van der Waals surface area contributed by atoms with Crippen molar-refractivity contribution >= 4 is 5.91 Å². The van der Waals surface area contributed by atoms with Gasteiger partial charge in [0.25, 0.3) is 5.91 Å². The average Bonchev–Trinajstić information content (AvgIpc) is 3.08. The molecule has 1 aliphatic rings. The van der Waals surface area contributed by atoms with Crippen LogP contribution in [0.15, 0.2) is 42.7 Å². The van der Waals surface area contributed by atoms with Crippen molar-refractivity contribution in [1.82, 2.24) is 9.88 Å². The predicted octanol–water partition coefficient (Wildman–Crippen LogP) is 2.77. The predicted molar refractivity (Wildman–Crippen MR) is 81.6 cm³/mol. The molecule has 1 N–H and O–H groups in total. The molecule has 1 amide bonds. The van der Waals surface area contributed by atoms with E-state index in [4.69, 9.17) is 4.74 Å². The summed E-state index contributed by atoms with van der Waals surface area (Å²) in [5.41, 5.74) is 0.848. The molecule has 1 aromatic carbocycles. The van der Waals surface area contributed by atoms with Crippen molar-refractivity contribution in [2.75, 3.05) is 19.8 Å². The number of hydrogen-bond acceptors (Lipinski definition) is 2. The molecule has 5 heteroatoms. The highest BCUT2D eigenvalue weighted by molar-refractivity contribution is 5.95. The molecule has 22 heavy (non-hydrogen) atoms. The van der Waals surface area contributed by atoms with E-state index in [-0.39, 0.29) is 11.5 Å². The molecular weight excluding hydrogens is 283 g/mol. The molecule has 2 heterocycles. The maximum absolute atomic E-state index is 13.9. The van der Waals surface area contributed by atoms with E-state index < -0.39 is 5.82 Å². The van der Waals surface area contributed by atoms with E-state index in [1.54, 1.807) is 12.1 Å². The topological polar surface area (TPSA) is 43.3 Å². The highest BCUT2D eigenvalue weighted by Gasteiger charge is 2.17. The van der Waals surface area contributed by atoms with Gasteiger partial charge in [0.05, 0.1) is 5.56 Å². The van der Waals surface area contributed by atoms with Gasteiger partial charge in [-0.3, -0.25) is 4.79 Å². The standard InChI is InChI=1S/C17H19FN2O2/c18-16-4-3-14(20-7-1-2-8-20)11-15(16)17(21)19-12-13-5-9-22-10-6-13/h1-4,7-8,11,13H,5-6,9-10,12H2,(H,19,21). The summed E-state index contributed by atoms with van der Waals surface area (Å²) in [5.74, 6) is -0.452. The Balaban J connectivity index is 1.70. The molecule has 0 radical (unpaired) electrons. The molecule has 0 unspecified atom stereocenters. The molecule has 0 spiro atoms. The average molecular weight is 302 g/mol. The van der Waals surface area contributed by atoms with Crippen molar-refractivity contribution < 1.29 is 13.9 Å². The van der Waals surface area contributed by atoms with Crippen molar-refractivity contribution in [3.63, 3.8) is 0 Å². The second-order valence-corrected chi connectivity index (χ2v) is 5.52. The van der Waals surface area contributed by atoms with Crippen LogP contribution in [0.5, 0.6) is 0 Å². The van der Waals surface area contributed by atoms with Gasteiger partial charge in [-0.15, -0.1) is 0 Å². The number of benzene rings is 1. The van der Waals surface area contributed by atoms with Gasteiger partial charge in [-0.25, -0.2) is 4.39 Å². The lowest BCUT2D eigenvalue weighted by atomic mass is 10.0. The van der Waals surface area contributed by atoms with E-state index in [1.165, 1.54) is 6.07 Å². The number of rotatable bonds is 4. The second kappa shape index (κ2) is 6.75. The van der Waals surface area contributed by atoms with Crippen molar-refractivity contribution in [3.05, 3.63) is 54.1 Å². The van der Waals surface area contributed by atoms with Crippen molar-refractivity contribution in [2.24, 2.45) is 5.92 Å². The molecule has 0 aliphatic carbocycles. The second-order valence-electron chi connectivity index (χ2n) is 5.52. The van der Waals surface area contributed by atoms with Gasteiger partial charge in [-0.2, -0.15) is 0 Å². The Morgan fingerprint density at radius 3 is 2.73 bits per heavy atom. The molecule has 4 nitrogen and oxygen atoms in total. The third kappa shape index (κ3) is 3.36. The Hall–Kier alpha value is -2.14. The number of nitrogens with one attached hydrogen (secondary N) is 1. The summed E-state index contributed by atoms with van der Waals surface area (Å²) in [6, 6.07) is 8.33. The van der Waals surface area contributed by atoms with Crippen LogP contribution < -0.4 is 5.32 Å². The number of ether oxygens (including phenoxy) is 1. The minimum absolute atomic E-state index is 0.0817. The van der Waals surface area contributed by atoms with Crippen LogP contribution in [0.4, 0.5) is 4.39 Å². The van der Waals surface area contributed by atoms with Gasteiger partial charge in [0, 0.05) is 37.8 Å². The van der Waals surface area contributed by atoms with Gasteiger partial charge in [0.1, 0.15) is 5.82 Å². The van der Waals surface area contributed by atoms with Gasteiger partial charge in [0.2, 0.25) is 0 Å². The summed E-state index contributed by atoms with van der Waals surface area (Å²) in [6.45, 7) is 2.03. The van der Waals surface area contributed by atoms with E-state index in [2.05, 4.69) is 5.32 Å². The fraction of sp³-hybridized carbons (Fsp3) is 0.353. The Morgan fingerprint density at radius 1 is 1.27 bits per heavy atom. The smallest absolute Gasteiger partial charge is 0.254 e. The molecule has 0 atom stereocenters. The molecular formula is C17H19FN2O2. The molecule has 1 aliphatic heterocycles. The molecule has 3 rings (SSSR count). The fourth-order valence-corrected chi connectivity index (χ4v) is 2.64. The quantitative estimate of drug-likeness (QED) is 0.944. The van der Waals surface area contributed by atoms with E-state index in [1.807, 2.05) is 29.1 Å². The summed E-state index contributed by atoms with van der Waals surface area (Å²) in [6.07, 6.45) is 5.59. The third-order valence-electron chi connectivity index (χ3n) is 3.99. The van der Waals surface area contributed by atoms with Crippen LogP contribution in [0, 0.1) is 11.7 Å². The molecule has 1 aromatic heterocycles. The summed E-state index contributed by atoms with van der Waals surface area (Å²) >= 11 is 0. The SMILES string of the molecule is O=C(NCC1CCOCC1)c1cc(-n2cccc2)ccc1F. The van der Waals surface area contributed by atoms with Crippen LogP contribution in [0.1, 0.15) is 23.2 Å². The molecule has 0 saturated carbocycles. The zero-order chi connectivity index (χ0) is 15.4. The fourth-order valence-electron chi connectivity index (χ4n) is 2.64. The lowest BCUT2D eigenvalue weighted by Crippen LogP contribution is -2.32. The zero-order valence-corrected chi connectivity index (χ0v) is 12.3. The van der Waals surface area contributed by atoms with Gasteiger partial charge in [-0.05, 0) is 49.1 Å². The van der Waals surface area contributed by atoms with Crippen LogP contribution in [0.3, 0.4) is 0 Å². The minimum atomic E-state index is -0.500. The first kappa shape index (κ1) is 14.8. The molecule has 116 valence electrons. The molecule has 0 bridgehead atoms. The van der Waals surface area contributed by atoms with Crippen LogP contribution in [-0.2, 0) is 4.74 Å². The van der Waals surface area contributed by atoms with Crippen molar-refractivity contribution in [3.8, 4) is 5.69 Å². The highest BCUT2D eigenvalue weighted by Crippen LogP contribution is 2.16. The number of hydrogen-bond donors (Lipinski definition) is 1. The van der Waals surface area contributed by atoms with Gasteiger partial charge >= 0.3 is 0 Å². The lowest BCUT2D eigenvalue weighted by molar-refractivity contribution is 0.0642. The molecule has 1 fully saturated rings. The molecule has 1 saturated heterocycles. The first-order valence-electron chi connectivity index (χ1n) is 7.53. The van der Waals surface area contributed by atoms with Crippen molar-refractivity contribution in [1.29, 1.82) is 0 Å². The van der Waals surface area contributed by atoms with Gasteiger partial charge in [-0.1, -0.05) is 0 Å². The first-order chi connectivity index (χ1) is 10.7. The highest BCUT2D eigenvalue weighted by atomic mass is 19.1. The summed E-state index contributed by atoms with van der Waals surface area (Å²) in [4.78, 5) is 12.2. The first-order valence-corrected chi connectivity index (χ1v) is 7.53. The number of nitrogens with zero attached hydrogens (tertiary/aromatic N) is 1. The number of amides is 1. The monoisotopic (exact) mass is 302 g/mol. The van der Waals surface area contributed by atoms with Crippen LogP contribution in [-0.4, -0.2) is 30.2 Å². The minimum Gasteiger partial charge on any atom is -0.381 e.